The molecule has 0 atom stereocenters. The number of hydrogen-bond acceptors (Lipinski definition) is 4. The van der Waals surface area contributed by atoms with Crippen LogP contribution in [0.3, 0.4) is 0 Å². The van der Waals surface area contributed by atoms with Crippen LogP contribution >= 0.6 is 11.3 Å². The normalized spacial score (nSPS) is 11.3. The Hall–Kier alpha value is -2.21. The van der Waals surface area contributed by atoms with Crippen molar-refractivity contribution in [3.8, 4) is 10.4 Å². The van der Waals surface area contributed by atoms with Crippen LogP contribution in [-0.2, 0) is 11.3 Å². The maximum atomic E-state index is 12.1. The van der Waals surface area contributed by atoms with Crippen molar-refractivity contribution in [2.75, 3.05) is 6.54 Å². The maximum Gasteiger partial charge on any atom is 0.241 e. The third-order valence-corrected chi connectivity index (χ3v) is 4.50. The third-order valence-electron chi connectivity index (χ3n) is 3.60. The van der Waals surface area contributed by atoms with Crippen LogP contribution < -0.4 is 5.32 Å². The summed E-state index contributed by atoms with van der Waals surface area (Å²) in [6.07, 6.45) is 1.78. The molecule has 6 heteroatoms. The minimum absolute atomic E-state index is 0.0357. The second-order valence-electron chi connectivity index (χ2n) is 5.98. The molecule has 1 N–H and O–H groups in total. The van der Waals surface area contributed by atoms with E-state index in [1.54, 1.807) is 22.2 Å². The molecule has 3 aromatic heterocycles. The van der Waals surface area contributed by atoms with Gasteiger partial charge in [0.2, 0.25) is 5.91 Å². The molecule has 3 rings (SSSR count). The van der Waals surface area contributed by atoms with Gasteiger partial charge in [-0.3, -0.25) is 4.79 Å². The molecule has 0 aliphatic rings. The Morgan fingerprint density at radius 2 is 2.22 bits per heavy atom. The second kappa shape index (κ2) is 6.50. The molecule has 0 radical (unpaired) electrons. The van der Waals surface area contributed by atoms with Crippen molar-refractivity contribution < 1.29 is 4.79 Å². The topological polar surface area (TPSA) is 59.8 Å². The summed E-state index contributed by atoms with van der Waals surface area (Å²) in [5, 5.41) is 10.5. The van der Waals surface area contributed by atoms with E-state index in [1.807, 2.05) is 19.1 Å². The van der Waals surface area contributed by atoms with Gasteiger partial charge in [0, 0.05) is 23.2 Å². The standard InChI is InChI=1S/C17H20N4OS/c1-11(2)9-19-15(22)10-21-17-16(12(3)20-21)13(6-7-18-17)14-5-4-8-23-14/h4-8,11H,9-10H2,1-3H3,(H,19,22). The monoisotopic (exact) mass is 328 g/mol. The number of amides is 1. The number of carbonyl (C=O) groups excluding carboxylic acids is 1. The first-order chi connectivity index (χ1) is 11.1. The van der Waals surface area contributed by atoms with E-state index in [0.29, 0.717) is 12.5 Å². The highest BCUT2D eigenvalue weighted by atomic mass is 32.1. The lowest BCUT2D eigenvalue weighted by atomic mass is 10.1. The summed E-state index contributed by atoms with van der Waals surface area (Å²) in [6.45, 7) is 6.97. The number of carbonyl (C=O) groups is 1. The van der Waals surface area contributed by atoms with E-state index in [1.165, 1.54) is 4.88 Å². The van der Waals surface area contributed by atoms with Gasteiger partial charge in [-0.2, -0.15) is 5.10 Å². The number of rotatable bonds is 5. The molecule has 0 fully saturated rings. The highest BCUT2D eigenvalue weighted by molar-refractivity contribution is 7.13. The van der Waals surface area contributed by atoms with Gasteiger partial charge >= 0.3 is 0 Å². The maximum absolute atomic E-state index is 12.1. The zero-order valence-electron chi connectivity index (χ0n) is 13.5. The van der Waals surface area contributed by atoms with Gasteiger partial charge in [-0.05, 0) is 30.4 Å². The molecular formula is C17H20N4OS. The number of fused-ring (bicyclic) bond motifs is 1. The lowest BCUT2D eigenvalue weighted by Crippen LogP contribution is -2.31. The van der Waals surface area contributed by atoms with Crippen molar-refractivity contribution in [3.63, 3.8) is 0 Å². The zero-order valence-corrected chi connectivity index (χ0v) is 14.4. The van der Waals surface area contributed by atoms with E-state index in [4.69, 9.17) is 0 Å². The van der Waals surface area contributed by atoms with Gasteiger partial charge in [-0.1, -0.05) is 19.9 Å². The smallest absolute Gasteiger partial charge is 0.241 e. The number of aryl methyl sites for hydroxylation is 1. The predicted molar refractivity (Wildman–Crippen MR) is 93.4 cm³/mol. The largest absolute Gasteiger partial charge is 0.354 e. The minimum atomic E-state index is -0.0357. The Morgan fingerprint density at radius 3 is 2.91 bits per heavy atom. The second-order valence-corrected chi connectivity index (χ2v) is 6.92. The average Bonchev–Trinajstić information content (AvgIpc) is 3.14. The summed E-state index contributed by atoms with van der Waals surface area (Å²) in [6, 6.07) is 6.13. The molecule has 0 aromatic carbocycles. The summed E-state index contributed by atoms with van der Waals surface area (Å²) < 4.78 is 1.69. The first-order valence-corrected chi connectivity index (χ1v) is 8.57. The minimum Gasteiger partial charge on any atom is -0.354 e. The first-order valence-electron chi connectivity index (χ1n) is 7.69. The number of nitrogens with one attached hydrogen (secondary N) is 1. The fourth-order valence-corrected chi connectivity index (χ4v) is 3.30. The predicted octanol–water partition coefficient (Wildman–Crippen LogP) is 3.24. The van der Waals surface area contributed by atoms with Crippen LogP contribution in [0.4, 0.5) is 0 Å². The van der Waals surface area contributed by atoms with E-state index in [2.05, 4.69) is 40.7 Å². The molecule has 0 saturated heterocycles. The van der Waals surface area contributed by atoms with E-state index < -0.39 is 0 Å². The van der Waals surface area contributed by atoms with Gasteiger partial charge < -0.3 is 5.32 Å². The van der Waals surface area contributed by atoms with Crippen LogP contribution in [0.2, 0.25) is 0 Å². The summed E-state index contributed by atoms with van der Waals surface area (Å²) in [5.74, 6) is 0.394. The molecular weight excluding hydrogens is 308 g/mol. The number of pyridine rings is 1. The van der Waals surface area contributed by atoms with Gasteiger partial charge in [-0.25, -0.2) is 9.67 Å². The van der Waals surface area contributed by atoms with Crippen molar-refractivity contribution in [1.82, 2.24) is 20.1 Å². The summed E-state index contributed by atoms with van der Waals surface area (Å²) in [7, 11) is 0. The van der Waals surface area contributed by atoms with Gasteiger partial charge in [0.25, 0.3) is 0 Å². The molecule has 23 heavy (non-hydrogen) atoms. The van der Waals surface area contributed by atoms with Crippen molar-refractivity contribution in [2.24, 2.45) is 5.92 Å². The van der Waals surface area contributed by atoms with Crippen LogP contribution in [-0.4, -0.2) is 27.2 Å². The SMILES string of the molecule is Cc1nn(CC(=O)NCC(C)C)c2nccc(-c3cccs3)c12. The first kappa shape index (κ1) is 15.7. The Morgan fingerprint density at radius 1 is 1.39 bits per heavy atom. The summed E-state index contributed by atoms with van der Waals surface area (Å²) >= 11 is 1.69. The Bertz CT molecular complexity index is 821. The Balaban J connectivity index is 1.94. The van der Waals surface area contributed by atoms with Gasteiger partial charge in [0.05, 0.1) is 11.1 Å². The molecule has 3 heterocycles. The van der Waals surface area contributed by atoms with Crippen LogP contribution in [0, 0.1) is 12.8 Å². The van der Waals surface area contributed by atoms with Crippen molar-refractivity contribution in [3.05, 3.63) is 35.5 Å². The highest BCUT2D eigenvalue weighted by Crippen LogP contribution is 2.32. The van der Waals surface area contributed by atoms with Crippen LogP contribution in [0.5, 0.6) is 0 Å². The molecule has 1 amide bonds. The Kier molecular flexibility index (Phi) is 4.43. The molecule has 5 nitrogen and oxygen atoms in total. The van der Waals surface area contributed by atoms with E-state index in [9.17, 15) is 4.79 Å². The van der Waals surface area contributed by atoms with E-state index in [-0.39, 0.29) is 12.5 Å². The lowest BCUT2D eigenvalue weighted by molar-refractivity contribution is -0.121. The fourth-order valence-electron chi connectivity index (χ4n) is 2.54. The molecule has 0 spiro atoms. The average molecular weight is 328 g/mol. The molecule has 120 valence electrons. The van der Waals surface area contributed by atoms with Gasteiger partial charge in [0.1, 0.15) is 6.54 Å². The summed E-state index contributed by atoms with van der Waals surface area (Å²) in [5.41, 5.74) is 2.78. The van der Waals surface area contributed by atoms with Crippen molar-refractivity contribution in [2.45, 2.75) is 27.3 Å². The zero-order chi connectivity index (χ0) is 16.4. The van der Waals surface area contributed by atoms with Crippen LogP contribution in [0.25, 0.3) is 21.5 Å². The number of thiophene rings is 1. The number of nitrogens with zero attached hydrogens (tertiary/aromatic N) is 3. The molecule has 0 aliphatic heterocycles. The number of hydrogen-bond donors (Lipinski definition) is 1. The van der Waals surface area contributed by atoms with Crippen LogP contribution in [0.15, 0.2) is 29.8 Å². The third kappa shape index (κ3) is 3.27. The fraction of sp³-hybridized carbons (Fsp3) is 0.353. The van der Waals surface area contributed by atoms with Crippen LogP contribution in [0.1, 0.15) is 19.5 Å². The molecule has 0 bridgehead atoms. The van der Waals surface area contributed by atoms with Crippen molar-refractivity contribution in [1.29, 1.82) is 0 Å². The number of aromatic nitrogens is 3. The Labute approximate surface area is 139 Å². The molecule has 0 saturated carbocycles. The summed E-state index contributed by atoms with van der Waals surface area (Å²) in [4.78, 5) is 17.7. The van der Waals surface area contributed by atoms with E-state index in [0.717, 1.165) is 22.3 Å². The quantitative estimate of drug-likeness (QED) is 0.782. The van der Waals surface area contributed by atoms with Gasteiger partial charge in [-0.15, -0.1) is 11.3 Å². The highest BCUT2D eigenvalue weighted by Gasteiger charge is 2.16. The molecule has 3 aromatic rings. The van der Waals surface area contributed by atoms with E-state index >= 15 is 0 Å². The molecule has 0 unspecified atom stereocenters. The van der Waals surface area contributed by atoms with Gasteiger partial charge in [0.15, 0.2) is 5.65 Å². The lowest BCUT2D eigenvalue weighted by Gasteiger charge is -2.08. The molecule has 0 aliphatic carbocycles. The van der Waals surface area contributed by atoms with Crippen molar-refractivity contribution >= 4 is 28.3 Å².